The highest BCUT2D eigenvalue weighted by Crippen LogP contribution is 2.44. The summed E-state index contributed by atoms with van der Waals surface area (Å²) in [4.78, 5) is 61.4. The van der Waals surface area contributed by atoms with Crippen molar-refractivity contribution in [3.8, 4) is 0 Å². The molecule has 1 amide bonds. The monoisotopic (exact) mass is 511 g/mol. The Bertz CT molecular complexity index is 1420. The van der Waals surface area contributed by atoms with E-state index in [9.17, 15) is 24.3 Å². The summed E-state index contributed by atoms with van der Waals surface area (Å²) in [6, 6.07) is 5.16. The minimum Gasteiger partial charge on any atom is -0.503 e. The number of benzene rings is 1. The van der Waals surface area contributed by atoms with E-state index < -0.39 is 29.5 Å². The zero-order valence-corrected chi connectivity index (χ0v) is 21.2. The van der Waals surface area contributed by atoms with Crippen molar-refractivity contribution in [3.05, 3.63) is 72.9 Å². The molecule has 0 fully saturated rings. The number of carbonyl (C=O) groups excluding carboxylic acids is 4. The van der Waals surface area contributed by atoms with Gasteiger partial charge in [0.15, 0.2) is 16.7 Å². The highest BCUT2D eigenvalue weighted by Gasteiger charge is 2.46. The predicted molar refractivity (Wildman–Crippen MR) is 130 cm³/mol. The molecule has 2 aromatic heterocycles. The number of carbonyl (C=O) groups is 4. The van der Waals surface area contributed by atoms with E-state index in [1.54, 1.807) is 32.9 Å². The Labute approximate surface area is 208 Å². The maximum absolute atomic E-state index is 13.6. The Morgan fingerprint density at radius 3 is 2.14 bits per heavy atom. The van der Waals surface area contributed by atoms with Gasteiger partial charge in [-0.2, -0.15) is 0 Å². The van der Waals surface area contributed by atoms with Crippen LogP contribution in [-0.2, 0) is 9.53 Å². The third-order valence-electron chi connectivity index (χ3n) is 5.52. The Kier molecular flexibility index (Phi) is 6.39. The van der Waals surface area contributed by atoms with Gasteiger partial charge in [-0.05, 0) is 38.5 Å². The summed E-state index contributed by atoms with van der Waals surface area (Å²) in [7, 11) is 1.27. The molecular weight excluding hydrogens is 490 g/mol. The van der Waals surface area contributed by atoms with Gasteiger partial charge in [0.05, 0.1) is 50.4 Å². The molecule has 1 aliphatic heterocycles. The quantitative estimate of drug-likeness (QED) is 0.383. The third kappa shape index (κ3) is 4.17. The largest absolute Gasteiger partial charge is 0.503 e. The molecule has 1 unspecified atom stereocenters. The molecule has 4 rings (SSSR count). The van der Waals surface area contributed by atoms with E-state index in [0.717, 1.165) is 11.3 Å². The molecule has 180 valence electrons. The second-order valence-corrected chi connectivity index (χ2v) is 10.1. The van der Waals surface area contributed by atoms with Crippen LogP contribution in [0.1, 0.15) is 64.6 Å². The number of anilines is 1. The number of aliphatic hydroxyl groups is 1. The molecule has 3 aromatic rings. The number of rotatable bonds is 6. The van der Waals surface area contributed by atoms with Crippen molar-refractivity contribution in [1.82, 2.24) is 9.97 Å². The maximum atomic E-state index is 13.6. The maximum Gasteiger partial charge on any atom is 0.337 e. The summed E-state index contributed by atoms with van der Waals surface area (Å²) in [6.45, 7) is 6.50. The molecule has 0 saturated carbocycles. The fraction of sp³-hybridized carbons (Fsp3) is 0.250. The molecule has 0 aliphatic carbocycles. The van der Waals surface area contributed by atoms with Gasteiger partial charge < -0.3 is 9.84 Å². The van der Waals surface area contributed by atoms with E-state index in [1.807, 2.05) is 0 Å². The molecule has 11 heteroatoms. The molecule has 1 aliphatic rings. The molecule has 0 spiro atoms. The first-order chi connectivity index (χ1) is 16.5. The number of methoxy groups -OCH3 is 1. The number of amides is 1. The zero-order chi connectivity index (χ0) is 25.6. The van der Waals surface area contributed by atoms with Crippen LogP contribution in [-0.4, -0.2) is 45.6 Å². The number of ketones is 2. The van der Waals surface area contributed by atoms with Crippen LogP contribution < -0.4 is 4.90 Å². The lowest BCUT2D eigenvalue weighted by Crippen LogP contribution is -2.31. The van der Waals surface area contributed by atoms with E-state index in [4.69, 9.17) is 4.74 Å². The van der Waals surface area contributed by atoms with Crippen LogP contribution in [0.3, 0.4) is 0 Å². The van der Waals surface area contributed by atoms with Crippen molar-refractivity contribution in [3.63, 3.8) is 0 Å². The summed E-state index contributed by atoms with van der Waals surface area (Å²) >= 11 is 2.18. The van der Waals surface area contributed by atoms with Crippen LogP contribution in [0.4, 0.5) is 5.13 Å². The average Bonchev–Trinajstić information content (AvgIpc) is 3.45. The van der Waals surface area contributed by atoms with Gasteiger partial charge in [0.25, 0.3) is 5.91 Å². The predicted octanol–water partition coefficient (Wildman–Crippen LogP) is 4.30. The van der Waals surface area contributed by atoms with Gasteiger partial charge >= 0.3 is 5.97 Å². The summed E-state index contributed by atoms with van der Waals surface area (Å²) in [5.41, 5.74) is 1.57. The van der Waals surface area contributed by atoms with Crippen molar-refractivity contribution >= 4 is 51.2 Å². The lowest BCUT2D eigenvalue weighted by Gasteiger charge is -2.24. The lowest BCUT2D eigenvalue weighted by molar-refractivity contribution is -0.117. The van der Waals surface area contributed by atoms with Crippen LogP contribution in [0.25, 0.3) is 0 Å². The lowest BCUT2D eigenvalue weighted by atomic mass is 9.94. The van der Waals surface area contributed by atoms with E-state index in [2.05, 4.69) is 9.97 Å². The van der Waals surface area contributed by atoms with Crippen molar-refractivity contribution in [2.24, 2.45) is 0 Å². The summed E-state index contributed by atoms with van der Waals surface area (Å²) in [5.74, 6) is -2.77. The molecular formula is C24H21N3O6S2. The van der Waals surface area contributed by atoms with Gasteiger partial charge in [0, 0.05) is 6.92 Å². The van der Waals surface area contributed by atoms with E-state index >= 15 is 0 Å². The summed E-state index contributed by atoms with van der Waals surface area (Å²) < 4.78 is 4.74. The summed E-state index contributed by atoms with van der Waals surface area (Å²) in [6.07, 6.45) is 0. The number of hydrogen-bond donors (Lipinski definition) is 1. The minimum atomic E-state index is -1.03. The van der Waals surface area contributed by atoms with Crippen LogP contribution >= 0.6 is 22.7 Å². The van der Waals surface area contributed by atoms with Gasteiger partial charge in [-0.1, -0.05) is 23.5 Å². The highest BCUT2D eigenvalue weighted by atomic mass is 32.1. The molecule has 0 radical (unpaired) electrons. The fourth-order valence-electron chi connectivity index (χ4n) is 3.95. The van der Waals surface area contributed by atoms with E-state index in [0.29, 0.717) is 31.7 Å². The number of aliphatic hydroxyl groups excluding tert-OH is 1. The Balaban J connectivity index is 1.89. The number of nitrogens with zero attached hydrogens (tertiary/aromatic N) is 3. The number of ether oxygens (including phenoxy) is 1. The van der Waals surface area contributed by atoms with Crippen molar-refractivity contribution in [2.75, 3.05) is 12.0 Å². The smallest absolute Gasteiger partial charge is 0.337 e. The number of aryl methyl sites for hydroxylation is 3. The molecule has 3 heterocycles. The van der Waals surface area contributed by atoms with Crippen molar-refractivity contribution in [2.45, 2.75) is 33.7 Å². The Morgan fingerprint density at radius 2 is 1.63 bits per heavy atom. The standard InChI is InChI=1S/C24H21N3O6S2/c1-10-20(12(3)28)35-24(26-10)27-17(14-6-8-15(9-7-14)23(32)33-5)16(19(30)22(27)31)18(29)21-11(2)25-13(4)34-21/h6-9,17,30H,1-5H3. The molecule has 0 saturated heterocycles. The van der Waals surface area contributed by atoms with Crippen LogP contribution in [0.15, 0.2) is 35.6 Å². The van der Waals surface area contributed by atoms with Gasteiger partial charge in [-0.15, -0.1) is 11.3 Å². The zero-order valence-electron chi connectivity index (χ0n) is 19.5. The van der Waals surface area contributed by atoms with Gasteiger partial charge in [-0.3, -0.25) is 19.3 Å². The first kappa shape index (κ1) is 24.4. The van der Waals surface area contributed by atoms with Gasteiger partial charge in [-0.25, -0.2) is 14.8 Å². The number of Topliss-reactive ketones (excluding diaryl/α,β-unsaturated/α-hetero) is 2. The molecule has 1 N–H and O–H groups in total. The molecule has 1 atom stereocenters. The van der Waals surface area contributed by atoms with E-state index in [-0.39, 0.29) is 22.1 Å². The number of thiazole rings is 2. The Morgan fingerprint density at radius 1 is 1.00 bits per heavy atom. The SMILES string of the molecule is COC(=O)c1ccc(C2C(C(=O)c3sc(C)nc3C)=C(O)C(=O)N2c2nc(C)c(C(C)=O)s2)cc1. The second-order valence-electron chi connectivity index (χ2n) is 7.90. The van der Waals surface area contributed by atoms with Crippen molar-refractivity contribution < 1.29 is 29.0 Å². The van der Waals surface area contributed by atoms with Gasteiger partial charge in [0.2, 0.25) is 5.78 Å². The number of esters is 1. The fourth-order valence-corrected chi connectivity index (χ4v) is 5.81. The molecule has 9 nitrogen and oxygen atoms in total. The van der Waals surface area contributed by atoms with Gasteiger partial charge in [0.1, 0.15) is 0 Å². The number of aromatic nitrogens is 2. The van der Waals surface area contributed by atoms with Crippen LogP contribution in [0.2, 0.25) is 0 Å². The third-order valence-corrected chi connectivity index (χ3v) is 7.85. The molecule has 0 bridgehead atoms. The van der Waals surface area contributed by atoms with Crippen molar-refractivity contribution in [1.29, 1.82) is 0 Å². The van der Waals surface area contributed by atoms with Crippen LogP contribution in [0.5, 0.6) is 0 Å². The van der Waals surface area contributed by atoms with E-state index in [1.165, 1.54) is 42.4 Å². The normalized spacial score (nSPS) is 15.6. The summed E-state index contributed by atoms with van der Waals surface area (Å²) in [5, 5.41) is 11.8. The topological polar surface area (TPSA) is 127 Å². The highest BCUT2D eigenvalue weighted by molar-refractivity contribution is 7.17. The average molecular weight is 512 g/mol. The molecule has 1 aromatic carbocycles. The number of hydrogen-bond acceptors (Lipinski definition) is 10. The minimum absolute atomic E-state index is 0.121. The second kappa shape index (κ2) is 9.16. The first-order valence-corrected chi connectivity index (χ1v) is 12.1. The Hall–Kier alpha value is -3.70. The van der Waals surface area contributed by atoms with Crippen LogP contribution in [0, 0.1) is 20.8 Å². The molecule has 35 heavy (non-hydrogen) atoms. The first-order valence-electron chi connectivity index (χ1n) is 10.5.